The van der Waals surface area contributed by atoms with E-state index in [1.165, 1.54) is 4.88 Å². The smallest absolute Gasteiger partial charge is 0.407 e. The van der Waals surface area contributed by atoms with Crippen molar-refractivity contribution in [1.82, 2.24) is 20.9 Å². The van der Waals surface area contributed by atoms with Gasteiger partial charge in [-0.05, 0) is 34.1 Å². The van der Waals surface area contributed by atoms with E-state index < -0.39 is 5.60 Å². The average Bonchev–Trinajstić information content (AvgIpc) is 2.85. The predicted molar refractivity (Wildman–Crippen MR) is 109 cm³/mol. The van der Waals surface area contributed by atoms with Crippen molar-refractivity contribution >= 4 is 47.4 Å². The number of carbonyl (C=O) groups is 1. The van der Waals surface area contributed by atoms with Crippen LogP contribution in [-0.2, 0) is 11.3 Å². The minimum absolute atomic E-state index is 0. The second-order valence-electron chi connectivity index (χ2n) is 6.00. The topological polar surface area (TPSA) is 87.6 Å². The summed E-state index contributed by atoms with van der Waals surface area (Å²) in [6.45, 7) is 9.45. The molecule has 0 aromatic carbocycles. The number of halogens is 1. The minimum atomic E-state index is -0.470. The summed E-state index contributed by atoms with van der Waals surface area (Å²) in [5.74, 6) is 0.718. The van der Waals surface area contributed by atoms with Gasteiger partial charge < -0.3 is 20.7 Å². The van der Waals surface area contributed by atoms with Crippen LogP contribution in [0.1, 0.15) is 37.1 Å². The van der Waals surface area contributed by atoms with Crippen LogP contribution in [0, 0.1) is 6.92 Å². The van der Waals surface area contributed by atoms with E-state index in [0.29, 0.717) is 19.6 Å². The Morgan fingerprint density at radius 3 is 2.50 bits per heavy atom. The van der Waals surface area contributed by atoms with E-state index in [9.17, 15) is 4.79 Å². The molecule has 0 radical (unpaired) electrons. The van der Waals surface area contributed by atoms with Gasteiger partial charge in [0, 0.05) is 31.2 Å². The molecule has 1 aromatic heterocycles. The van der Waals surface area contributed by atoms with Gasteiger partial charge in [-0.25, -0.2) is 9.78 Å². The SMILES string of the molecule is CN=C(NCCCNC(=O)OC(C)(C)C)NCc1ncc(C)s1.I. The summed E-state index contributed by atoms with van der Waals surface area (Å²) in [5.41, 5.74) is -0.470. The maximum absolute atomic E-state index is 11.5. The third-order valence-corrected chi connectivity index (χ3v) is 3.53. The molecule has 0 saturated carbocycles. The number of guanidine groups is 1. The lowest BCUT2D eigenvalue weighted by Gasteiger charge is -2.19. The number of ether oxygens (including phenoxy) is 1. The number of amides is 1. The van der Waals surface area contributed by atoms with Crippen LogP contribution >= 0.6 is 35.3 Å². The van der Waals surface area contributed by atoms with E-state index in [1.54, 1.807) is 18.4 Å². The fourth-order valence-electron chi connectivity index (χ4n) is 1.66. The number of thiazole rings is 1. The number of alkyl carbamates (subject to hydrolysis) is 1. The van der Waals surface area contributed by atoms with Gasteiger partial charge in [-0.3, -0.25) is 4.99 Å². The van der Waals surface area contributed by atoms with Crippen molar-refractivity contribution in [2.45, 2.75) is 46.3 Å². The van der Waals surface area contributed by atoms with Crippen molar-refractivity contribution in [3.05, 3.63) is 16.1 Å². The second kappa shape index (κ2) is 11.5. The summed E-state index contributed by atoms with van der Waals surface area (Å²) < 4.78 is 5.16. The molecule has 0 fully saturated rings. The number of hydrogen-bond donors (Lipinski definition) is 3. The highest BCUT2D eigenvalue weighted by Crippen LogP contribution is 2.10. The van der Waals surface area contributed by atoms with Gasteiger partial charge >= 0.3 is 6.09 Å². The standard InChI is InChI=1S/C15H27N5O2S.HI/c1-11-9-19-12(23-11)10-20-13(16-5)17-7-6-8-18-14(21)22-15(2,3)4;/h9H,6-8,10H2,1-5H3,(H,18,21)(H2,16,17,20);1H. The first-order valence-corrected chi connectivity index (χ1v) is 8.44. The number of carbonyl (C=O) groups excluding carboxylic acids is 1. The van der Waals surface area contributed by atoms with Crippen molar-refractivity contribution < 1.29 is 9.53 Å². The Hall–Kier alpha value is -1.10. The predicted octanol–water partition coefficient (Wildman–Crippen LogP) is 2.65. The molecule has 3 N–H and O–H groups in total. The average molecular weight is 469 g/mol. The molecule has 1 aromatic rings. The molecular weight excluding hydrogens is 441 g/mol. The van der Waals surface area contributed by atoms with Gasteiger partial charge in [0.15, 0.2) is 5.96 Å². The number of hydrogen-bond acceptors (Lipinski definition) is 5. The molecule has 1 heterocycles. The van der Waals surface area contributed by atoms with Gasteiger partial charge in [0.05, 0.1) is 6.54 Å². The first-order valence-electron chi connectivity index (χ1n) is 7.63. The fourth-order valence-corrected chi connectivity index (χ4v) is 2.39. The largest absolute Gasteiger partial charge is 0.444 e. The normalized spacial score (nSPS) is 11.5. The van der Waals surface area contributed by atoms with Crippen molar-refractivity contribution in [2.24, 2.45) is 4.99 Å². The summed E-state index contributed by atoms with van der Waals surface area (Å²) in [4.78, 5) is 21.1. The highest BCUT2D eigenvalue weighted by atomic mass is 127. The molecule has 0 aliphatic rings. The van der Waals surface area contributed by atoms with E-state index in [4.69, 9.17) is 4.74 Å². The molecule has 9 heteroatoms. The van der Waals surface area contributed by atoms with Gasteiger partial charge in [-0.15, -0.1) is 35.3 Å². The van der Waals surface area contributed by atoms with Crippen LogP contribution in [0.25, 0.3) is 0 Å². The van der Waals surface area contributed by atoms with Crippen LogP contribution in [0.5, 0.6) is 0 Å². The van der Waals surface area contributed by atoms with E-state index in [-0.39, 0.29) is 30.1 Å². The fraction of sp³-hybridized carbons (Fsp3) is 0.667. The van der Waals surface area contributed by atoms with Gasteiger partial charge in [-0.2, -0.15) is 0 Å². The first-order chi connectivity index (χ1) is 10.8. The van der Waals surface area contributed by atoms with E-state index in [1.807, 2.05) is 33.9 Å². The van der Waals surface area contributed by atoms with E-state index in [2.05, 4.69) is 25.9 Å². The monoisotopic (exact) mass is 469 g/mol. The molecule has 138 valence electrons. The van der Waals surface area contributed by atoms with Crippen LogP contribution in [0.3, 0.4) is 0 Å². The van der Waals surface area contributed by atoms with Crippen LogP contribution in [0.2, 0.25) is 0 Å². The summed E-state index contributed by atoms with van der Waals surface area (Å²) in [5, 5.41) is 10.1. The summed E-state index contributed by atoms with van der Waals surface area (Å²) in [7, 11) is 1.72. The zero-order valence-corrected chi connectivity index (χ0v) is 18.1. The molecule has 0 spiro atoms. The van der Waals surface area contributed by atoms with Gasteiger partial charge in [-0.1, -0.05) is 0 Å². The summed E-state index contributed by atoms with van der Waals surface area (Å²) in [6, 6.07) is 0. The molecule has 24 heavy (non-hydrogen) atoms. The second-order valence-corrected chi connectivity index (χ2v) is 7.32. The highest BCUT2D eigenvalue weighted by Gasteiger charge is 2.15. The van der Waals surface area contributed by atoms with Crippen LogP contribution in [0.15, 0.2) is 11.2 Å². The Kier molecular flexibility index (Phi) is 10.9. The molecule has 1 amide bonds. The molecule has 0 atom stereocenters. The van der Waals surface area contributed by atoms with Gasteiger partial charge in [0.2, 0.25) is 0 Å². The number of aromatic nitrogens is 1. The number of aliphatic imine (C=N–C) groups is 1. The van der Waals surface area contributed by atoms with E-state index >= 15 is 0 Å². The zero-order valence-electron chi connectivity index (χ0n) is 14.9. The third-order valence-electron chi connectivity index (χ3n) is 2.61. The lowest BCUT2D eigenvalue weighted by molar-refractivity contribution is 0.0527. The van der Waals surface area contributed by atoms with Crippen molar-refractivity contribution in [1.29, 1.82) is 0 Å². The Labute approximate surface area is 165 Å². The number of rotatable bonds is 6. The van der Waals surface area contributed by atoms with E-state index in [0.717, 1.165) is 17.4 Å². The van der Waals surface area contributed by atoms with Crippen molar-refractivity contribution in [3.63, 3.8) is 0 Å². The Morgan fingerprint density at radius 2 is 1.96 bits per heavy atom. The van der Waals surface area contributed by atoms with Crippen LogP contribution < -0.4 is 16.0 Å². The molecular formula is C15H28IN5O2S. The summed E-state index contributed by atoms with van der Waals surface area (Å²) >= 11 is 1.66. The molecule has 1 rings (SSSR count). The van der Waals surface area contributed by atoms with Crippen molar-refractivity contribution in [3.8, 4) is 0 Å². The zero-order chi connectivity index (χ0) is 17.3. The molecule has 7 nitrogen and oxygen atoms in total. The Balaban J connectivity index is 0.00000529. The van der Waals surface area contributed by atoms with Gasteiger partial charge in [0.1, 0.15) is 10.6 Å². The highest BCUT2D eigenvalue weighted by molar-refractivity contribution is 14.0. The third kappa shape index (κ3) is 10.6. The Bertz CT molecular complexity index is 528. The molecule has 0 aliphatic heterocycles. The van der Waals surface area contributed by atoms with Crippen LogP contribution in [0.4, 0.5) is 4.79 Å². The molecule has 0 unspecified atom stereocenters. The molecule has 0 saturated heterocycles. The lowest BCUT2D eigenvalue weighted by Crippen LogP contribution is -2.39. The van der Waals surface area contributed by atoms with Gasteiger partial charge in [0.25, 0.3) is 0 Å². The minimum Gasteiger partial charge on any atom is -0.444 e. The van der Waals surface area contributed by atoms with Crippen molar-refractivity contribution in [2.75, 3.05) is 20.1 Å². The number of nitrogens with one attached hydrogen (secondary N) is 3. The number of nitrogens with zero attached hydrogens (tertiary/aromatic N) is 2. The lowest BCUT2D eigenvalue weighted by atomic mass is 10.2. The Morgan fingerprint density at radius 1 is 1.29 bits per heavy atom. The maximum atomic E-state index is 11.5. The molecule has 0 bridgehead atoms. The number of aryl methyl sites for hydroxylation is 1. The maximum Gasteiger partial charge on any atom is 0.407 e. The quantitative estimate of drug-likeness (QED) is 0.258. The molecule has 0 aliphatic carbocycles. The first kappa shape index (κ1) is 22.9. The summed E-state index contributed by atoms with van der Waals surface area (Å²) in [6.07, 6.45) is 2.25. The van der Waals surface area contributed by atoms with Crippen LogP contribution in [-0.4, -0.2) is 42.8 Å².